The minimum Gasteiger partial charge on any atom is -0.314 e. The Kier molecular flexibility index (Phi) is 4.92. The standard InChI is InChI=1S/C14H19N3O2S/c1-13-11-16-17(12-13)9-7-15-8-10-20(18,19)14-5-3-2-4-6-14/h2-6,11-12,15H,7-10H2,1H3. The highest BCUT2D eigenvalue weighted by atomic mass is 32.2. The molecule has 0 radical (unpaired) electrons. The molecule has 0 saturated heterocycles. The molecule has 0 amide bonds. The van der Waals surface area contributed by atoms with Gasteiger partial charge in [0.2, 0.25) is 0 Å². The van der Waals surface area contributed by atoms with E-state index in [1.54, 1.807) is 30.5 Å². The van der Waals surface area contributed by atoms with E-state index in [9.17, 15) is 8.42 Å². The van der Waals surface area contributed by atoms with Gasteiger partial charge in [0.25, 0.3) is 0 Å². The number of rotatable bonds is 7. The summed E-state index contributed by atoms with van der Waals surface area (Å²) < 4.78 is 25.9. The summed E-state index contributed by atoms with van der Waals surface area (Å²) >= 11 is 0. The molecule has 6 heteroatoms. The first-order chi connectivity index (χ1) is 9.58. The third-order valence-corrected chi connectivity index (χ3v) is 4.66. The molecule has 1 aromatic heterocycles. The second-order valence-corrected chi connectivity index (χ2v) is 6.77. The number of hydrogen-bond donors (Lipinski definition) is 1. The highest BCUT2D eigenvalue weighted by molar-refractivity contribution is 7.91. The SMILES string of the molecule is Cc1cnn(CCNCCS(=O)(=O)c2ccccc2)c1. The number of aryl methyl sites for hydroxylation is 1. The zero-order valence-electron chi connectivity index (χ0n) is 11.5. The molecule has 0 aliphatic rings. The molecule has 108 valence electrons. The third-order valence-electron chi connectivity index (χ3n) is 2.93. The van der Waals surface area contributed by atoms with Crippen LogP contribution in [-0.2, 0) is 16.4 Å². The van der Waals surface area contributed by atoms with Crippen LogP contribution in [0.3, 0.4) is 0 Å². The van der Waals surface area contributed by atoms with E-state index in [-0.39, 0.29) is 5.75 Å². The number of sulfone groups is 1. The van der Waals surface area contributed by atoms with Crippen LogP contribution < -0.4 is 5.32 Å². The lowest BCUT2D eigenvalue weighted by Crippen LogP contribution is -2.26. The number of hydrogen-bond acceptors (Lipinski definition) is 4. The monoisotopic (exact) mass is 293 g/mol. The molecule has 0 fully saturated rings. The van der Waals surface area contributed by atoms with E-state index in [4.69, 9.17) is 0 Å². The molecule has 5 nitrogen and oxygen atoms in total. The van der Waals surface area contributed by atoms with Gasteiger partial charge in [0, 0.05) is 19.3 Å². The van der Waals surface area contributed by atoms with E-state index < -0.39 is 9.84 Å². The Morgan fingerprint density at radius 3 is 2.60 bits per heavy atom. The quantitative estimate of drug-likeness (QED) is 0.781. The van der Waals surface area contributed by atoms with Gasteiger partial charge < -0.3 is 5.32 Å². The summed E-state index contributed by atoms with van der Waals surface area (Å²) in [7, 11) is -3.19. The van der Waals surface area contributed by atoms with Crippen molar-refractivity contribution in [1.29, 1.82) is 0 Å². The number of nitrogens with one attached hydrogen (secondary N) is 1. The van der Waals surface area contributed by atoms with Crippen LogP contribution >= 0.6 is 0 Å². The fourth-order valence-corrected chi connectivity index (χ4v) is 3.08. The van der Waals surface area contributed by atoms with Crippen molar-refractivity contribution in [3.63, 3.8) is 0 Å². The molecule has 0 aliphatic carbocycles. The van der Waals surface area contributed by atoms with Gasteiger partial charge in [0.1, 0.15) is 0 Å². The maximum absolute atomic E-state index is 12.0. The first kappa shape index (κ1) is 14.7. The van der Waals surface area contributed by atoms with Crippen LogP contribution in [0.1, 0.15) is 5.56 Å². The van der Waals surface area contributed by atoms with Gasteiger partial charge in [-0.2, -0.15) is 5.10 Å². The van der Waals surface area contributed by atoms with Crippen molar-refractivity contribution in [2.75, 3.05) is 18.8 Å². The maximum atomic E-state index is 12.0. The predicted octanol–water partition coefficient (Wildman–Crippen LogP) is 1.26. The largest absolute Gasteiger partial charge is 0.314 e. The van der Waals surface area contributed by atoms with E-state index in [1.807, 2.05) is 23.9 Å². The Hall–Kier alpha value is -1.66. The third kappa shape index (κ3) is 4.18. The van der Waals surface area contributed by atoms with Gasteiger partial charge in [-0.15, -0.1) is 0 Å². The van der Waals surface area contributed by atoms with Crippen molar-refractivity contribution in [2.45, 2.75) is 18.4 Å². The molecule has 2 rings (SSSR count). The molecule has 0 spiro atoms. The van der Waals surface area contributed by atoms with Gasteiger partial charge in [-0.05, 0) is 24.6 Å². The zero-order valence-corrected chi connectivity index (χ0v) is 12.3. The highest BCUT2D eigenvalue weighted by Crippen LogP contribution is 2.09. The van der Waals surface area contributed by atoms with Crippen LogP contribution in [-0.4, -0.2) is 37.0 Å². The lowest BCUT2D eigenvalue weighted by molar-refractivity contribution is 0.558. The van der Waals surface area contributed by atoms with Crippen LogP contribution in [0.15, 0.2) is 47.6 Å². The number of benzene rings is 1. The highest BCUT2D eigenvalue weighted by Gasteiger charge is 2.12. The minimum absolute atomic E-state index is 0.106. The lowest BCUT2D eigenvalue weighted by atomic mass is 10.4. The van der Waals surface area contributed by atoms with Crippen molar-refractivity contribution in [2.24, 2.45) is 0 Å². The van der Waals surface area contributed by atoms with E-state index in [0.29, 0.717) is 18.0 Å². The summed E-state index contributed by atoms with van der Waals surface area (Å²) in [6.45, 7) is 3.87. The Morgan fingerprint density at radius 1 is 1.20 bits per heavy atom. The summed E-state index contributed by atoms with van der Waals surface area (Å²) in [6.07, 6.45) is 3.77. The van der Waals surface area contributed by atoms with Crippen LogP contribution in [0.5, 0.6) is 0 Å². The molecular weight excluding hydrogens is 274 g/mol. The number of aromatic nitrogens is 2. The topological polar surface area (TPSA) is 64.0 Å². The molecule has 1 heterocycles. The molecule has 0 bridgehead atoms. The van der Waals surface area contributed by atoms with Crippen LogP contribution in [0, 0.1) is 6.92 Å². The second kappa shape index (κ2) is 6.67. The first-order valence-corrected chi connectivity index (χ1v) is 8.21. The molecule has 1 N–H and O–H groups in total. The fraction of sp³-hybridized carbons (Fsp3) is 0.357. The Balaban J connectivity index is 1.73. The van der Waals surface area contributed by atoms with Gasteiger partial charge in [-0.1, -0.05) is 18.2 Å². The van der Waals surface area contributed by atoms with E-state index >= 15 is 0 Å². The molecular formula is C14H19N3O2S. The Labute approximate surface area is 119 Å². The smallest absolute Gasteiger partial charge is 0.179 e. The van der Waals surface area contributed by atoms with Gasteiger partial charge in [-0.25, -0.2) is 8.42 Å². The summed E-state index contributed by atoms with van der Waals surface area (Å²) in [4.78, 5) is 0.379. The average Bonchev–Trinajstić information content (AvgIpc) is 2.85. The van der Waals surface area contributed by atoms with Crippen LogP contribution in [0.4, 0.5) is 0 Å². The zero-order chi connectivity index (χ0) is 14.4. The molecule has 0 saturated carbocycles. The normalized spacial score (nSPS) is 11.7. The average molecular weight is 293 g/mol. The number of nitrogens with zero attached hydrogens (tertiary/aromatic N) is 2. The van der Waals surface area contributed by atoms with Crippen LogP contribution in [0.25, 0.3) is 0 Å². The summed E-state index contributed by atoms with van der Waals surface area (Å²) in [5, 5.41) is 7.30. The van der Waals surface area contributed by atoms with Gasteiger partial charge >= 0.3 is 0 Å². The summed E-state index contributed by atoms with van der Waals surface area (Å²) in [5.74, 6) is 0.106. The second-order valence-electron chi connectivity index (χ2n) is 4.66. The molecule has 1 aromatic carbocycles. The molecule has 0 unspecified atom stereocenters. The first-order valence-electron chi connectivity index (χ1n) is 6.55. The van der Waals surface area contributed by atoms with Crippen molar-refractivity contribution in [3.05, 3.63) is 48.3 Å². The molecule has 0 atom stereocenters. The van der Waals surface area contributed by atoms with E-state index in [1.165, 1.54) is 0 Å². The van der Waals surface area contributed by atoms with E-state index in [0.717, 1.165) is 12.1 Å². The van der Waals surface area contributed by atoms with Crippen molar-refractivity contribution < 1.29 is 8.42 Å². The minimum atomic E-state index is -3.19. The van der Waals surface area contributed by atoms with Gasteiger partial charge in [0.05, 0.1) is 23.4 Å². The van der Waals surface area contributed by atoms with E-state index in [2.05, 4.69) is 10.4 Å². The Bertz CT molecular complexity index is 635. The van der Waals surface area contributed by atoms with Crippen molar-refractivity contribution in [3.8, 4) is 0 Å². The maximum Gasteiger partial charge on any atom is 0.179 e. The summed E-state index contributed by atoms with van der Waals surface area (Å²) in [6, 6.07) is 8.54. The van der Waals surface area contributed by atoms with Crippen molar-refractivity contribution in [1.82, 2.24) is 15.1 Å². The summed E-state index contributed by atoms with van der Waals surface area (Å²) in [5.41, 5.74) is 1.12. The van der Waals surface area contributed by atoms with Gasteiger partial charge in [-0.3, -0.25) is 4.68 Å². The van der Waals surface area contributed by atoms with Crippen molar-refractivity contribution >= 4 is 9.84 Å². The van der Waals surface area contributed by atoms with Crippen LogP contribution in [0.2, 0.25) is 0 Å². The Morgan fingerprint density at radius 2 is 1.95 bits per heavy atom. The fourth-order valence-electron chi connectivity index (χ4n) is 1.86. The lowest BCUT2D eigenvalue weighted by Gasteiger charge is -2.06. The molecule has 20 heavy (non-hydrogen) atoms. The predicted molar refractivity (Wildman–Crippen MR) is 78.3 cm³/mol. The van der Waals surface area contributed by atoms with Gasteiger partial charge in [0.15, 0.2) is 9.84 Å². The molecule has 2 aromatic rings. The molecule has 0 aliphatic heterocycles.